The smallest absolute Gasteiger partial charge is 0.121 e. The molecular formula is C17H20ClNO. The summed E-state index contributed by atoms with van der Waals surface area (Å²) in [4.78, 5) is 0. The van der Waals surface area contributed by atoms with Gasteiger partial charge in [0.15, 0.2) is 0 Å². The van der Waals surface area contributed by atoms with Crippen LogP contribution in [0.3, 0.4) is 0 Å². The Morgan fingerprint density at radius 1 is 1.15 bits per heavy atom. The monoisotopic (exact) mass is 289 g/mol. The average Bonchev–Trinajstić information content (AvgIpc) is 2.44. The first-order valence-electron chi connectivity index (χ1n) is 6.75. The van der Waals surface area contributed by atoms with Crippen LogP contribution in [0.4, 0.5) is 0 Å². The summed E-state index contributed by atoms with van der Waals surface area (Å²) in [5, 5.41) is 0.759. The summed E-state index contributed by atoms with van der Waals surface area (Å²) in [5.74, 6) is 1.18. The molecule has 3 heteroatoms. The largest absolute Gasteiger partial charge is 0.496 e. The zero-order chi connectivity index (χ0) is 14.5. The maximum absolute atomic E-state index is 6.10. The average molecular weight is 290 g/mol. The van der Waals surface area contributed by atoms with Crippen LogP contribution in [0.5, 0.6) is 5.75 Å². The highest BCUT2D eigenvalue weighted by Crippen LogP contribution is 2.31. The maximum Gasteiger partial charge on any atom is 0.121 e. The van der Waals surface area contributed by atoms with E-state index < -0.39 is 0 Å². The van der Waals surface area contributed by atoms with Crippen LogP contribution in [0.15, 0.2) is 42.5 Å². The van der Waals surface area contributed by atoms with Crippen molar-refractivity contribution in [1.29, 1.82) is 0 Å². The van der Waals surface area contributed by atoms with Gasteiger partial charge in [-0.15, -0.1) is 0 Å². The van der Waals surface area contributed by atoms with E-state index in [2.05, 4.69) is 25.1 Å². The lowest BCUT2D eigenvalue weighted by Gasteiger charge is -2.19. The van der Waals surface area contributed by atoms with Gasteiger partial charge in [0.25, 0.3) is 0 Å². The zero-order valence-electron chi connectivity index (χ0n) is 11.9. The Morgan fingerprint density at radius 3 is 2.50 bits per heavy atom. The minimum atomic E-state index is 0.267. The molecule has 0 fully saturated rings. The molecule has 20 heavy (non-hydrogen) atoms. The Hall–Kier alpha value is -1.51. The second-order valence-corrected chi connectivity index (χ2v) is 5.35. The van der Waals surface area contributed by atoms with Crippen molar-refractivity contribution in [2.24, 2.45) is 5.73 Å². The summed E-state index contributed by atoms with van der Waals surface area (Å²) in [6, 6.07) is 14.3. The molecular weight excluding hydrogens is 270 g/mol. The van der Waals surface area contributed by atoms with Crippen LogP contribution in [0, 0.1) is 6.92 Å². The standard InChI is InChI=1S/C17H20ClNO/c1-12-10-14(6-7-17(12)20-2)16(8-9-19)13-4-3-5-15(18)11-13/h3-7,10-11,16H,8-9,19H2,1-2H3. The SMILES string of the molecule is COc1ccc(C(CCN)c2cccc(Cl)c2)cc1C. The van der Waals surface area contributed by atoms with Crippen molar-refractivity contribution in [3.8, 4) is 5.75 Å². The molecule has 2 aromatic rings. The summed E-state index contributed by atoms with van der Waals surface area (Å²) >= 11 is 6.10. The maximum atomic E-state index is 6.10. The van der Waals surface area contributed by atoms with E-state index in [1.165, 1.54) is 11.1 Å². The van der Waals surface area contributed by atoms with E-state index in [4.69, 9.17) is 22.1 Å². The van der Waals surface area contributed by atoms with Gasteiger partial charge >= 0.3 is 0 Å². The van der Waals surface area contributed by atoms with Gasteiger partial charge in [0.2, 0.25) is 0 Å². The molecule has 0 spiro atoms. The Bertz CT molecular complexity index is 583. The Morgan fingerprint density at radius 2 is 1.90 bits per heavy atom. The number of halogens is 1. The molecule has 0 saturated carbocycles. The number of hydrogen-bond donors (Lipinski definition) is 1. The molecule has 2 N–H and O–H groups in total. The predicted molar refractivity (Wildman–Crippen MR) is 84.7 cm³/mol. The van der Waals surface area contributed by atoms with Crippen LogP contribution in [-0.2, 0) is 0 Å². The van der Waals surface area contributed by atoms with Gasteiger partial charge in [-0.1, -0.05) is 35.9 Å². The van der Waals surface area contributed by atoms with E-state index in [1.54, 1.807) is 7.11 Å². The van der Waals surface area contributed by atoms with Crippen molar-refractivity contribution < 1.29 is 4.74 Å². The number of methoxy groups -OCH3 is 1. The third-order valence-electron chi connectivity index (χ3n) is 3.53. The topological polar surface area (TPSA) is 35.2 Å². The van der Waals surface area contributed by atoms with Gasteiger partial charge in [0.05, 0.1) is 7.11 Å². The first kappa shape index (κ1) is 14.9. The highest BCUT2D eigenvalue weighted by molar-refractivity contribution is 6.30. The van der Waals surface area contributed by atoms with Crippen LogP contribution in [0.2, 0.25) is 5.02 Å². The van der Waals surface area contributed by atoms with Crippen molar-refractivity contribution >= 4 is 11.6 Å². The minimum absolute atomic E-state index is 0.267. The fraction of sp³-hybridized carbons (Fsp3) is 0.294. The molecule has 2 rings (SSSR count). The van der Waals surface area contributed by atoms with Crippen LogP contribution < -0.4 is 10.5 Å². The number of ether oxygens (including phenoxy) is 1. The van der Waals surface area contributed by atoms with E-state index in [9.17, 15) is 0 Å². The molecule has 2 aromatic carbocycles. The first-order chi connectivity index (χ1) is 9.65. The molecule has 0 aliphatic rings. The molecule has 1 unspecified atom stereocenters. The van der Waals surface area contributed by atoms with Crippen LogP contribution in [0.25, 0.3) is 0 Å². The second kappa shape index (κ2) is 6.78. The molecule has 0 heterocycles. The second-order valence-electron chi connectivity index (χ2n) is 4.91. The van der Waals surface area contributed by atoms with Gasteiger partial charge in [-0.25, -0.2) is 0 Å². The van der Waals surface area contributed by atoms with Gasteiger partial charge in [-0.05, 0) is 54.8 Å². The van der Waals surface area contributed by atoms with Gasteiger partial charge in [0.1, 0.15) is 5.75 Å². The number of nitrogens with two attached hydrogens (primary N) is 1. The lowest BCUT2D eigenvalue weighted by molar-refractivity contribution is 0.411. The summed E-state index contributed by atoms with van der Waals surface area (Å²) in [6.07, 6.45) is 0.895. The fourth-order valence-corrected chi connectivity index (χ4v) is 2.73. The highest BCUT2D eigenvalue weighted by atomic mass is 35.5. The van der Waals surface area contributed by atoms with Crippen molar-refractivity contribution in [1.82, 2.24) is 0 Å². The van der Waals surface area contributed by atoms with E-state index >= 15 is 0 Å². The number of hydrogen-bond acceptors (Lipinski definition) is 2. The third kappa shape index (κ3) is 3.33. The fourth-order valence-electron chi connectivity index (χ4n) is 2.53. The number of aryl methyl sites for hydroxylation is 1. The zero-order valence-corrected chi connectivity index (χ0v) is 12.7. The molecule has 0 aliphatic carbocycles. The number of rotatable bonds is 5. The van der Waals surface area contributed by atoms with Crippen molar-refractivity contribution in [3.63, 3.8) is 0 Å². The first-order valence-corrected chi connectivity index (χ1v) is 7.13. The third-order valence-corrected chi connectivity index (χ3v) is 3.76. The summed E-state index contributed by atoms with van der Waals surface area (Å²) in [6.45, 7) is 2.70. The van der Waals surface area contributed by atoms with E-state index in [1.807, 2.05) is 24.3 Å². The number of benzene rings is 2. The van der Waals surface area contributed by atoms with E-state index in [-0.39, 0.29) is 5.92 Å². The lowest BCUT2D eigenvalue weighted by Crippen LogP contribution is -2.09. The molecule has 1 atom stereocenters. The molecule has 0 aromatic heterocycles. The predicted octanol–water partition coefficient (Wildman–Crippen LogP) is 4.14. The summed E-state index contributed by atoms with van der Waals surface area (Å²) < 4.78 is 5.32. The minimum Gasteiger partial charge on any atom is -0.496 e. The molecule has 0 saturated heterocycles. The molecule has 2 nitrogen and oxygen atoms in total. The van der Waals surface area contributed by atoms with Crippen molar-refractivity contribution in [2.45, 2.75) is 19.3 Å². The van der Waals surface area contributed by atoms with Crippen LogP contribution >= 0.6 is 11.6 Å². The normalized spacial score (nSPS) is 12.2. The molecule has 0 amide bonds. The van der Waals surface area contributed by atoms with Gasteiger partial charge in [-0.2, -0.15) is 0 Å². The highest BCUT2D eigenvalue weighted by Gasteiger charge is 2.15. The quantitative estimate of drug-likeness (QED) is 0.898. The van der Waals surface area contributed by atoms with Crippen LogP contribution in [-0.4, -0.2) is 13.7 Å². The molecule has 0 radical (unpaired) electrons. The summed E-state index contributed by atoms with van der Waals surface area (Å²) in [7, 11) is 1.69. The van der Waals surface area contributed by atoms with Crippen LogP contribution in [0.1, 0.15) is 29.0 Å². The Labute approximate surface area is 125 Å². The van der Waals surface area contributed by atoms with E-state index in [0.717, 1.165) is 22.8 Å². The Kier molecular flexibility index (Phi) is 5.05. The molecule has 0 bridgehead atoms. The summed E-state index contributed by atoms with van der Waals surface area (Å²) in [5.41, 5.74) is 9.36. The van der Waals surface area contributed by atoms with Crippen molar-refractivity contribution in [2.75, 3.05) is 13.7 Å². The molecule has 106 valence electrons. The lowest BCUT2D eigenvalue weighted by atomic mass is 9.88. The van der Waals surface area contributed by atoms with E-state index in [0.29, 0.717) is 6.54 Å². The van der Waals surface area contributed by atoms with Gasteiger partial charge < -0.3 is 10.5 Å². The van der Waals surface area contributed by atoms with Crippen molar-refractivity contribution in [3.05, 3.63) is 64.2 Å². The molecule has 0 aliphatic heterocycles. The van der Waals surface area contributed by atoms with Gasteiger partial charge in [0, 0.05) is 10.9 Å². The Balaban J connectivity index is 2.40. The van der Waals surface area contributed by atoms with Gasteiger partial charge in [-0.3, -0.25) is 0 Å².